The second-order valence-electron chi connectivity index (χ2n) is 5.25. The summed E-state index contributed by atoms with van der Waals surface area (Å²) in [5.74, 6) is 2.62. The van der Waals surface area contributed by atoms with E-state index in [1.165, 1.54) is 0 Å². The summed E-state index contributed by atoms with van der Waals surface area (Å²) < 4.78 is 21.5. The molecule has 0 aliphatic rings. The zero-order chi connectivity index (χ0) is 18.5. The molecule has 0 saturated heterocycles. The lowest BCUT2D eigenvalue weighted by Gasteiger charge is -2.17. The van der Waals surface area contributed by atoms with Gasteiger partial charge in [0.25, 0.3) is 0 Å². The molecule has 0 heterocycles. The van der Waals surface area contributed by atoms with Crippen LogP contribution in [0.5, 0.6) is 17.2 Å². The molecule has 0 saturated carbocycles. The Hall–Kier alpha value is -1.42. The highest BCUT2D eigenvalue weighted by Crippen LogP contribution is 2.39. The van der Waals surface area contributed by atoms with Crippen LogP contribution in [0.4, 0.5) is 0 Å². The molecule has 0 unspecified atom stereocenters. The van der Waals surface area contributed by atoms with Gasteiger partial charge in [-0.15, -0.1) is 24.0 Å². The summed E-state index contributed by atoms with van der Waals surface area (Å²) in [5, 5.41) is 6.57. The van der Waals surface area contributed by atoms with Crippen molar-refractivity contribution in [2.75, 3.05) is 48.1 Å². The van der Waals surface area contributed by atoms with E-state index in [1.54, 1.807) is 28.4 Å². The summed E-state index contributed by atoms with van der Waals surface area (Å²) in [4.78, 5) is 4.24. The van der Waals surface area contributed by atoms with E-state index in [9.17, 15) is 0 Å². The van der Waals surface area contributed by atoms with Crippen LogP contribution >= 0.6 is 24.0 Å². The van der Waals surface area contributed by atoms with Gasteiger partial charge in [0.15, 0.2) is 17.5 Å². The van der Waals surface area contributed by atoms with E-state index < -0.39 is 0 Å². The molecule has 0 bridgehead atoms. The maximum Gasteiger partial charge on any atom is 0.203 e. The lowest BCUT2D eigenvalue weighted by molar-refractivity contribution is 0.143. The number of ether oxygens (including phenoxy) is 4. The molecule has 2 N–H and O–H groups in total. The van der Waals surface area contributed by atoms with Crippen LogP contribution in [0, 0.1) is 0 Å². The predicted octanol–water partition coefficient (Wildman–Crippen LogP) is 2.81. The van der Waals surface area contributed by atoms with Gasteiger partial charge in [0.1, 0.15) is 0 Å². The number of hydrogen-bond acceptors (Lipinski definition) is 5. The molecule has 0 aliphatic heterocycles. The zero-order valence-corrected chi connectivity index (χ0v) is 18.7. The molecular weight excluding hydrogens is 449 g/mol. The Balaban J connectivity index is 0.00000625. The lowest BCUT2D eigenvalue weighted by atomic mass is 10.1. The maximum absolute atomic E-state index is 5.49. The number of nitrogens with zero attached hydrogens (tertiary/aromatic N) is 1. The summed E-state index contributed by atoms with van der Waals surface area (Å²) in [6.45, 7) is 4.97. The molecule has 7 nitrogen and oxygen atoms in total. The van der Waals surface area contributed by atoms with Crippen molar-refractivity contribution in [3.05, 3.63) is 17.7 Å². The Morgan fingerprint density at radius 3 is 2.31 bits per heavy atom. The Bertz CT molecular complexity index is 541. The van der Waals surface area contributed by atoms with E-state index in [4.69, 9.17) is 18.9 Å². The van der Waals surface area contributed by atoms with E-state index in [-0.39, 0.29) is 24.0 Å². The van der Waals surface area contributed by atoms with Crippen molar-refractivity contribution in [1.29, 1.82) is 0 Å². The Kier molecular flexibility index (Phi) is 13.9. The van der Waals surface area contributed by atoms with Crippen molar-refractivity contribution in [1.82, 2.24) is 10.6 Å². The molecule has 1 aromatic carbocycles. The average molecular weight is 481 g/mol. The molecule has 0 radical (unpaired) electrons. The largest absolute Gasteiger partial charge is 0.493 e. The number of aliphatic imine (C=N–C) groups is 1. The quantitative estimate of drug-likeness (QED) is 0.219. The number of methoxy groups -OCH3 is 3. The van der Waals surface area contributed by atoms with E-state index in [0.717, 1.165) is 44.1 Å². The SMILES string of the molecule is CCOCCCCNC(=NC)NCc1ccc(OC)c(OC)c1OC.I. The van der Waals surface area contributed by atoms with Gasteiger partial charge >= 0.3 is 0 Å². The summed E-state index contributed by atoms with van der Waals surface area (Å²) in [5.41, 5.74) is 0.958. The number of guanidine groups is 1. The van der Waals surface area contributed by atoms with Crippen molar-refractivity contribution in [3.63, 3.8) is 0 Å². The fraction of sp³-hybridized carbons (Fsp3) is 0.611. The summed E-state index contributed by atoms with van der Waals surface area (Å²) >= 11 is 0. The van der Waals surface area contributed by atoms with Crippen LogP contribution < -0.4 is 24.8 Å². The fourth-order valence-corrected chi connectivity index (χ4v) is 2.38. The number of halogens is 1. The van der Waals surface area contributed by atoms with E-state index in [2.05, 4.69) is 15.6 Å². The summed E-state index contributed by atoms with van der Waals surface area (Å²) in [6, 6.07) is 3.81. The maximum atomic E-state index is 5.49. The van der Waals surface area contributed by atoms with Gasteiger partial charge in [0, 0.05) is 38.9 Å². The molecule has 26 heavy (non-hydrogen) atoms. The van der Waals surface area contributed by atoms with Crippen molar-refractivity contribution < 1.29 is 18.9 Å². The standard InChI is InChI=1S/C18H31N3O4.HI/c1-6-25-12-8-7-11-20-18(19-2)21-13-14-9-10-15(22-3)17(24-5)16(14)23-4;/h9-10H,6-8,11-13H2,1-5H3,(H2,19,20,21);1H. The highest BCUT2D eigenvalue weighted by molar-refractivity contribution is 14.0. The van der Waals surface area contributed by atoms with Gasteiger partial charge in [-0.3, -0.25) is 4.99 Å². The van der Waals surface area contributed by atoms with E-state index >= 15 is 0 Å². The Morgan fingerprint density at radius 2 is 1.73 bits per heavy atom. The third kappa shape index (κ3) is 7.86. The van der Waals surface area contributed by atoms with Gasteiger partial charge in [0.05, 0.1) is 21.3 Å². The molecule has 1 rings (SSSR count). The first-order chi connectivity index (χ1) is 12.2. The molecule has 0 spiro atoms. The van der Waals surface area contributed by atoms with Gasteiger partial charge in [0.2, 0.25) is 5.75 Å². The number of nitrogens with one attached hydrogen (secondary N) is 2. The van der Waals surface area contributed by atoms with Crippen LogP contribution in [0.1, 0.15) is 25.3 Å². The highest BCUT2D eigenvalue weighted by atomic mass is 127. The highest BCUT2D eigenvalue weighted by Gasteiger charge is 2.15. The zero-order valence-electron chi connectivity index (χ0n) is 16.4. The minimum Gasteiger partial charge on any atom is -0.493 e. The molecule has 0 fully saturated rings. The molecule has 1 aromatic rings. The number of hydrogen-bond donors (Lipinski definition) is 2. The molecule has 0 amide bonds. The second kappa shape index (κ2) is 14.7. The van der Waals surface area contributed by atoms with Crippen LogP contribution in [-0.2, 0) is 11.3 Å². The van der Waals surface area contributed by atoms with Gasteiger partial charge < -0.3 is 29.6 Å². The van der Waals surface area contributed by atoms with E-state index in [1.807, 2.05) is 19.1 Å². The third-order valence-electron chi connectivity index (χ3n) is 3.67. The van der Waals surface area contributed by atoms with Gasteiger partial charge in [-0.25, -0.2) is 0 Å². The first kappa shape index (κ1) is 24.6. The van der Waals surface area contributed by atoms with Crippen molar-refractivity contribution in [2.24, 2.45) is 4.99 Å². The number of benzene rings is 1. The molecule has 0 atom stereocenters. The number of rotatable bonds is 11. The minimum absolute atomic E-state index is 0. The fourth-order valence-electron chi connectivity index (χ4n) is 2.38. The van der Waals surface area contributed by atoms with Crippen LogP contribution in [-0.4, -0.2) is 54.1 Å². The van der Waals surface area contributed by atoms with Gasteiger partial charge in [-0.05, 0) is 31.9 Å². The molecule has 150 valence electrons. The Morgan fingerprint density at radius 1 is 1.00 bits per heavy atom. The van der Waals surface area contributed by atoms with Crippen molar-refractivity contribution >= 4 is 29.9 Å². The molecule has 8 heteroatoms. The molecule has 0 aromatic heterocycles. The van der Waals surface area contributed by atoms with E-state index in [0.29, 0.717) is 23.8 Å². The van der Waals surface area contributed by atoms with Crippen LogP contribution in [0.25, 0.3) is 0 Å². The first-order valence-corrected chi connectivity index (χ1v) is 8.51. The number of unbranched alkanes of at least 4 members (excludes halogenated alkanes) is 1. The monoisotopic (exact) mass is 481 g/mol. The predicted molar refractivity (Wildman–Crippen MR) is 115 cm³/mol. The first-order valence-electron chi connectivity index (χ1n) is 8.51. The van der Waals surface area contributed by atoms with Crippen molar-refractivity contribution in [3.8, 4) is 17.2 Å². The Labute approximate surface area is 173 Å². The van der Waals surface area contributed by atoms with Crippen molar-refractivity contribution in [2.45, 2.75) is 26.3 Å². The summed E-state index contributed by atoms with van der Waals surface area (Å²) in [7, 11) is 6.57. The third-order valence-corrected chi connectivity index (χ3v) is 3.67. The lowest BCUT2D eigenvalue weighted by Crippen LogP contribution is -2.37. The molecular formula is C18H32IN3O4. The summed E-state index contributed by atoms with van der Waals surface area (Å²) in [6.07, 6.45) is 2.06. The van der Waals surface area contributed by atoms with Crippen LogP contribution in [0.2, 0.25) is 0 Å². The molecule has 0 aliphatic carbocycles. The van der Waals surface area contributed by atoms with Gasteiger partial charge in [-0.2, -0.15) is 0 Å². The second-order valence-corrected chi connectivity index (χ2v) is 5.25. The minimum atomic E-state index is 0. The van der Waals surface area contributed by atoms with Gasteiger partial charge in [-0.1, -0.05) is 0 Å². The topological polar surface area (TPSA) is 73.3 Å². The normalized spacial score (nSPS) is 10.7. The average Bonchev–Trinajstić information content (AvgIpc) is 2.65. The van der Waals surface area contributed by atoms with Crippen LogP contribution in [0.15, 0.2) is 17.1 Å². The van der Waals surface area contributed by atoms with Crippen LogP contribution in [0.3, 0.4) is 0 Å². The smallest absolute Gasteiger partial charge is 0.203 e.